The van der Waals surface area contributed by atoms with Crippen molar-refractivity contribution in [3.63, 3.8) is 0 Å². The zero-order chi connectivity index (χ0) is 29.8. The number of nitrogens with one attached hydrogen (secondary N) is 1. The van der Waals surface area contributed by atoms with Gasteiger partial charge in [-0.2, -0.15) is 4.98 Å². The summed E-state index contributed by atoms with van der Waals surface area (Å²) in [7, 11) is 3.55. The van der Waals surface area contributed by atoms with Gasteiger partial charge in [0, 0.05) is 108 Å². The van der Waals surface area contributed by atoms with Crippen molar-refractivity contribution in [2.45, 2.75) is 19.5 Å². The van der Waals surface area contributed by atoms with Gasteiger partial charge in [-0.05, 0) is 43.3 Å². The smallest absolute Gasteiger partial charge is 0.319 e. The number of urea groups is 1. The number of benzene rings is 1. The summed E-state index contributed by atoms with van der Waals surface area (Å²) in [5.74, 6) is 0.365. The highest BCUT2D eigenvalue weighted by atomic mass is 16.2. The van der Waals surface area contributed by atoms with Gasteiger partial charge in [-0.25, -0.2) is 9.78 Å². The lowest BCUT2D eigenvalue weighted by Gasteiger charge is -2.39. The number of hydrogen-bond donors (Lipinski definition) is 1. The van der Waals surface area contributed by atoms with Gasteiger partial charge >= 0.3 is 6.03 Å². The van der Waals surface area contributed by atoms with Crippen LogP contribution in [0.25, 0.3) is 11.0 Å². The second-order valence-electron chi connectivity index (χ2n) is 11.0. The lowest BCUT2D eigenvalue weighted by Crippen LogP contribution is -2.54. The van der Waals surface area contributed by atoms with Crippen molar-refractivity contribution in [1.82, 2.24) is 34.1 Å². The molecule has 1 atom stereocenters. The summed E-state index contributed by atoms with van der Waals surface area (Å²) in [6.45, 7) is 11.8. The van der Waals surface area contributed by atoms with Crippen LogP contribution in [-0.2, 0) is 11.3 Å². The van der Waals surface area contributed by atoms with Gasteiger partial charge in [-0.1, -0.05) is 6.58 Å². The Morgan fingerprint density at radius 2 is 1.71 bits per heavy atom. The summed E-state index contributed by atoms with van der Waals surface area (Å²) in [6, 6.07) is 11.6. The molecule has 3 amide bonds. The largest absolute Gasteiger partial charge is 0.368 e. The van der Waals surface area contributed by atoms with Crippen LogP contribution in [0.4, 0.5) is 22.1 Å². The van der Waals surface area contributed by atoms with E-state index in [2.05, 4.69) is 33.6 Å². The maximum Gasteiger partial charge on any atom is 0.319 e. The van der Waals surface area contributed by atoms with Crippen LogP contribution in [0.15, 0.2) is 60.0 Å². The summed E-state index contributed by atoms with van der Waals surface area (Å²) >= 11 is 0. The van der Waals surface area contributed by atoms with Gasteiger partial charge in [0.1, 0.15) is 5.65 Å². The number of amides is 3. The van der Waals surface area contributed by atoms with E-state index < -0.39 is 0 Å². The zero-order valence-electron chi connectivity index (χ0n) is 24.6. The molecule has 0 spiro atoms. The molecule has 2 fully saturated rings. The van der Waals surface area contributed by atoms with Gasteiger partial charge in [-0.15, -0.1) is 0 Å². The van der Waals surface area contributed by atoms with Gasteiger partial charge in [-0.3, -0.25) is 19.1 Å². The van der Waals surface area contributed by atoms with Crippen molar-refractivity contribution >= 4 is 40.3 Å². The van der Waals surface area contributed by atoms with Crippen LogP contribution >= 0.6 is 0 Å². The first-order valence-corrected chi connectivity index (χ1v) is 14.3. The van der Waals surface area contributed by atoms with Crippen LogP contribution in [0.5, 0.6) is 0 Å². The zero-order valence-corrected chi connectivity index (χ0v) is 24.6. The number of anilines is 3. The van der Waals surface area contributed by atoms with Crippen molar-refractivity contribution in [2.75, 3.05) is 76.7 Å². The second kappa shape index (κ2) is 12.6. The average Bonchev–Trinajstić information content (AvgIpc) is 3.00. The molecule has 1 aromatic carbocycles. The van der Waals surface area contributed by atoms with Crippen LogP contribution in [0.1, 0.15) is 6.92 Å². The van der Waals surface area contributed by atoms with E-state index >= 15 is 0 Å². The number of nitrogens with zero attached hydrogens (tertiary/aromatic N) is 8. The van der Waals surface area contributed by atoms with Crippen molar-refractivity contribution in [3.05, 3.63) is 65.6 Å². The number of aromatic nitrogens is 3. The molecule has 42 heavy (non-hydrogen) atoms. The number of carbonyl (C=O) groups is 2. The van der Waals surface area contributed by atoms with Crippen molar-refractivity contribution in [3.8, 4) is 0 Å². The summed E-state index contributed by atoms with van der Waals surface area (Å²) in [5, 5.41) is 4.06. The molecule has 2 saturated heterocycles. The molecule has 4 heterocycles. The highest BCUT2D eigenvalue weighted by molar-refractivity contribution is 5.87. The molecule has 2 aliphatic rings. The van der Waals surface area contributed by atoms with Crippen LogP contribution in [0.3, 0.4) is 0 Å². The first-order valence-electron chi connectivity index (χ1n) is 14.3. The molecule has 222 valence electrons. The number of pyridine rings is 1. The van der Waals surface area contributed by atoms with Gasteiger partial charge in [0.25, 0.3) is 5.56 Å². The molecule has 2 aromatic heterocycles. The van der Waals surface area contributed by atoms with Gasteiger partial charge in [0.2, 0.25) is 11.9 Å². The number of fused-ring (bicyclic) bond motifs is 1. The normalized spacial score (nSPS) is 17.8. The standard InChI is InChI=1S/C30H39N9O3/c1-5-26(40)38-17-12-35(22(2)21-38)18-19-39-27(41)11-6-23-20-31-29(33-28(23)39)32-24-7-9-25(10-8-24)36-13-15-37(16-14-36)30(42)34(3)4/h5-11,20,22H,1,12-19,21H2,2-4H3,(H,31,32,33)/t22-/m0/s1. The monoisotopic (exact) mass is 573 g/mol. The third kappa shape index (κ3) is 6.38. The molecule has 0 saturated carbocycles. The first kappa shape index (κ1) is 29.1. The van der Waals surface area contributed by atoms with Crippen molar-refractivity contribution in [1.29, 1.82) is 0 Å². The number of carbonyl (C=O) groups excluding carboxylic acids is 2. The molecular weight excluding hydrogens is 534 g/mol. The van der Waals surface area contributed by atoms with E-state index in [0.717, 1.165) is 36.4 Å². The van der Waals surface area contributed by atoms with Gasteiger partial charge in [0.15, 0.2) is 0 Å². The predicted octanol–water partition coefficient (Wildman–Crippen LogP) is 2.06. The molecule has 3 aromatic rings. The molecule has 0 unspecified atom stereocenters. The van der Waals surface area contributed by atoms with E-state index in [1.165, 1.54) is 6.08 Å². The Balaban J connectivity index is 1.24. The van der Waals surface area contributed by atoms with E-state index in [1.54, 1.807) is 41.9 Å². The quantitative estimate of drug-likeness (QED) is 0.428. The molecule has 0 bridgehead atoms. The van der Waals surface area contributed by atoms with Crippen LogP contribution in [0.2, 0.25) is 0 Å². The minimum Gasteiger partial charge on any atom is -0.368 e. The Labute approximate surface area is 245 Å². The minimum absolute atomic E-state index is 0.0457. The third-order valence-corrected chi connectivity index (χ3v) is 8.01. The summed E-state index contributed by atoms with van der Waals surface area (Å²) in [5.41, 5.74) is 2.40. The molecule has 1 N–H and O–H groups in total. The molecule has 0 radical (unpaired) electrons. The number of hydrogen-bond acceptors (Lipinski definition) is 8. The Morgan fingerprint density at radius 3 is 2.38 bits per heavy atom. The Kier molecular flexibility index (Phi) is 8.72. The fourth-order valence-corrected chi connectivity index (χ4v) is 5.56. The second-order valence-corrected chi connectivity index (χ2v) is 11.0. The molecular formula is C30H39N9O3. The molecule has 5 rings (SSSR count). The van der Waals surface area contributed by atoms with E-state index in [4.69, 9.17) is 4.98 Å². The fourth-order valence-electron chi connectivity index (χ4n) is 5.56. The highest BCUT2D eigenvalue weighted by Gasteiger charge is 2.26. The first-order chi connectivity index (χ1) is 20.2. The lowest BCUT2D eigenvalue weighted by atomic mass is 10.2. The highest BCUT2D eigenvalue weighted by Crippen LogP contribution is 2.22. The summed E-state index contributed by atoms with van der Waals surface area (Å²) in [6.07, 6.45) is 3.09. The van der Waals surface area contributed by atoms with Gasteiger partial charge < -0.3 is 24.9 Å². The van der Waals surface area contributed by atoms with E-state index in [9.17, 15) is 14.4 Å². The Hall–Kier alpha value is -4.45. The van der Waals surface area contributed by atoms with Crippen molar-refractivity contribution < 1.29 is 9.59 Å². The fraction of sp³-hybridized carbons (Fsp3) is 0.433. The summed E-state index contributed by atoms with van der Waals surface area (Å²) in [4.78, 5) is 56.2. The van der Waals surface area contributed by atoms with Gasteiger partial charge in [0.05, 0.1) is 0 Å². The predicted molar refractivity (Wildman–Crippen MR) is 164 cm³/mol. The molecule has 12 heteroatoms. The Bertz CT molecular complexity index is 1500. The van der Waals surface area contributed by atoms with E-state index in [1.807, 2.05) is 34.1 Å². The number of rotatable bonds is 7. The average molecular weight is 574 g/mol. The SMILES string of the molecule is C=CC(=O)N1CCN(CCn2c(=O)ccc3cnc(Nc4ccc(N5CCN(C(=O)N(C)C)CC5)cc4)nc32)[C@@H](C)C1. The lowest BCUT2D eigenvalue weighted by molar-refractivity contribution is -0.128. The molecule has 2 aliphatic heterocycles. The van der Waals surface area contributed by atoms with Crippen LogP contribution in [0, 0.1) is 0 Å². The van der Waals surface area contributed by atoms with E-state index in [0.29, 0.717) is 50.9 Å². The maximum absolute atomic E-state index is 12.9. The Morgan fingerprint density at radius 1 is 1.00 bits per heavy atom. The number of piperazine rings is 2. The maximum atomic E-state index is 12.9. The van der Waals surface area contributed by atoms with Crippen LogP contribution < -0.4 is 15.8 Å². The van der Waals surface area contributed by atoms with E-state index in [-0.39, 0.29) is 23.5 Å². The minimum atomic E-state index is -0.114. The topological polar surface area (TPSA) is 110 Å². The molecule has 0 aliphatic carbocycles. The third-order valence-electron chi connectivity index (χ3n) is 8.01. The van der Waals surface area contributed by atoms with Crippen molar-refractivity contribution in [2.24, 2.45) is 0 Å². The molecule has 12 nitrogen and oxygen atoms in total. The van der Waals surface area contributed by atoms with Crippen LogP contribution in [-0.4, -0.2) is 119 Å². The summed E-state index contributed by atoms with van der Waals surface area (Å²) < 4.78 is 1.69.